The highest BCUT2D eigenvalue weighted by Crippen LogP contribution is 2.15. The molecule has 0 bridgehead atoms. The first-order chi connectivity index (χ1) is 15.2. The van der Waals surface area contributed by atoms with Crippen LogP contribution in [-0.2, 0) is 9.47 Å². The minimum absolute atomic E-state index is 0.0622. The van der Waals surface area contributed by atoms with Crippen LogP contribution in [-0.4, -0.2) is 33.1 Å². The van der Waals surface area contributed by atoms with Crippen molar-refractivity contribution in [1.29, 1.82) is 0 Å². The van der Waals surface area contributed by atoms with Gasteiger partial charge >= 0.3 is 11.9 Å². The molecule has 0 aliphatic carbocycles. The summed E-state index contributed by atoms with van der Waals surface area (Å²) in [7, 11) is -1.53. The molecule has 0 spiro atoms. The second-order valence-corrected chi connectivity index (χ2v) is 9.19. The van der Waals surface area contributed by atoms with Crippen LogP contribution < -0.4 is 10.4 Å². The molecule has 0 aliphatic rings. The summed E-state index contributed by atoms with van der Waals surface area (Å²) >= 11 is 0. The monoisotopic (exact) mass is 427 g/mol. The largest absolute Gasteiger partial charge is 0.458 e. The molecule has 0 aromatic heterocycles. The van der Waals surface area contributed by atoms with E-state index in [4.69, 9.17) is 9.47 Å². The van der Waals surface area contributed by atoms with Crippen molar-refractivity contribution >= 4 is 31.1 Å². The lowest BCUT2D eigenvalue weighted by Crippen LogP contribution is -2.52. The minimum Gasteiger partial charge on any atom is -0.458 e. The fourth-order valence-electron chi connectivity index (χ4n) is 3.19. The molecular weight excluding hydrogens is 404 g/mol. The van der Waals surface area contributed by atoms with Gasteiger partial charge in [-0.2, -0.15) is 0 Å². The summed E-state index contributed by atoms with van der Waals surface area (Å²) in [5.74, 6) is -1.19. The smallest absolute Gasteiger partial charge is 0.339 e. The highest BCUT2D eigenvalue weighted by Gasteiger charge is 2.30. The topological polar surface area (TPSA) is 52.6 Å². The molecule has 1 atom stereocenters. The van der Waals surface area contributed by atoms with Gasteiger partial charge in [-0.15, -0.1) is 0 Å². The summed E-state index contributed by atoms with van der Waals surface area (Å²) < 4.78 is 11.0. The molecule has 0 heterocycles. The highest BCUT2D eigenvalue weighted by atomic mass is 28.3. The molecule has 3 aromatic carbocycles. The van der Waals surface area contributed by atoms with Gasteiger partial charge in [0.1, 0.15) is 12.3 Å². The molecule has 3 aromatic rings. The fourth-order valence-corrected chi connectivity index (χ4v) is 5.74. The lowest BCUT2D eigenvalue weighted by Gasteiger charge is -2.24. The van der Waals surface area contributed by atoms with Gasteiger partial charge in [-0.1, -0.05) is 108 Å². The average molecular weight is 428 g/mol. The first kappa shape index (κ1) is 22.0. The zero-order valence-corrected chi connectivity index (χ0v) is 18.1. The Labute approximate surface area is 184 Å². The summed E-state index contributed by atoms with van der Waals surface area (Å²) in [6.07, 6.45) is 3.13. The summed E-state index contributed by atoms with van der Waals surface area (Å²) in [4.78, 5) is 25.5. The quantitative estimate of drug-likeness (QED) is 0.298. The van der Waals surface area contributed by atoms with Gasteiger partial charge in [-0.3, -0.25) is 0 Å². The molecule has 0 aliphatic heterocycles. The Kier molecular flexibility index (Phi) is 7.73. The molecular formula is C26H23O4Si. The van der Waals surface area contributed by atoms with Gasteiger partial charge in [0.2, 0.25) is 0 Å². The Morgan fingerprint density at radius 1 is 0.774 bits per heavy atom. The second-order valence-electron chi connectivity index (χ2n) is 6.64. The number of ether oxygens (including phenoxy) is 2. The number of carbonyl (C=O) groups excluding carboxylic acids is 2. The van der Waals surface area contributed by atoms with E-state index >= 15 is 0 Å². The van der Waals surface area contributed by atoms with Crippen LogP contribution in [0, 0.1) is 0 Å². The normalized spacial score (nSPS) is 11.4. The lowest BCUT2D eigenvalue weighted by molar-refractivity contribution is 0.0469. The van der Waals surface area contributed by atoms with Gasteiger partial charge in [-0.25, -0.2) is 9.59 Å². The first-order valence-corrected chi connectivity index (χ1v) is 11.4. The standard InChI is InChI=1S/C26H23O4Si/c1-3-19-29-25(27)22-17-11-12-18-23(22)26(28)30-24(4-2)31(20-13-7-5-8-14-20)21-15-9-6-10-16-21/h3-18,24H,1-2,19H2. The minimum atomic E-state index is -1.53. The van der Waals surface area contributed by atoms with Crippen molar-refractivity contribution in [3.8, 4) is 0 Å². The summed E-state index contributed by atoms with van der Waals surface area (Å²) in [5, 5.41) is 2.19. The molecule has 0 amide bonds. The van der Waals surface area contributed by atoms with Crippen molar-refractivity contribution in [2.24, 2.45) is 0 Å². The number of hydrogen-bond acceptors (Lipinski definition) is 4. The maximum atomic E-state index is 13.1. The average Bonchev–Trinajstić information content (AvgIpc) is 2.83. The van der Waals surface area contributed by atoms with Crippen molar-refractivity contribution < 1.29 is 19.1 Å². The van der Waals surface area contributed by atoms with Crippen LogP contribution in [0.2, 0.25) is 0 Å². The molecule has 31 heavy (non-hydrogen) atoms. The Bertz CT molecular complexity index is 1010. The third-order valence-corrected chi connectivity index (χ3v) is 7.43. The van der Waals surface area contributed by atoms with Crippen LogP contribution in [0.5, 0.6) is 0 Å². The predicted octanol–water partition coefficient (Wildman–Crippen LogP) is 3.59. The molecule has 5 heteroatoms. The number of rotatable bonds is 9. The number of esters is 2. The molecule has 1 unspecified atom stereocenters. The maximum Gasteiger partial charge on any atom is 0.339 e. The number of carbonyl (C=O) groups is 2. The van der Waals surface area contributed by atoms with Crippen LogP contribution in [0.3, 0.4) is 0 Å². The van der Waals surface area contributed by atoms with Crippen LogP contribution in [0.1, 0.15) is 20.7 Å². The van der Waals surface area contributed by atoms with Crippen molar-refractivity contribution in [1.82, 2.24) is 0 Å². The third-order valence-electron chi connectivity index (χ3n) is 4.60. The van der Waals surface area contributed by atoms with Gasteiger partial charge in [0.15, 0.2) is 8.80 Å². The van der Waals surface area contributed by atoms with Crippen molar-refractivity contribution in [3.05, 3.63) is 121 Å². The second kappa shape index (κ2) is 10.9. The van der Waals surface area contributed by atoms with E-state index in [1.165, 1.54) is 6.08 Å². The van der Waals surface area contributed by atoms with Gasteiger partial charge in [0.05, 0.1) is 11.1 Å². The van der Waals surface area contributed by atoms with E-state index < -0.39 is 26.5 Å². The summed E-state index contributed by atoms with van der Waals surface area (Å²) in [6, 6.07) is 26.4. The Hall–Kier alpha value is -3.70. The maximum absolute atomic E-state index is 13.1. The van der Waals surface area contributed by atoms with E-state index in [1.807, 2.05) is 60.7 Å². The SMILES string of the molecule is C=CCOC(=O)c1ccccc1C(=O)OC(C=C)[Si](c1ccccc1)c1ccccc1. The van der Waals surface area contributed by atoms with Gasteiger partial charge in [-0.05, 0) is 12.1 Å². The zero-order chi connectivity index (χ0) is 22.1. The van der Waals surface area contributed by atoms with Crippen LogP contribution in [0.25, 0.3) is 0 Å². The Morgan fingerprint density at radius 3 is 1.74 bits per heavy atom. The van der Waals surface area contributed by atoms with E-state index in [2.05, 4.69) is 13.2 Å². The summed E-state index contributed by atoms with van der Waals surface area (Å²) in [6.45, 7) is 7.52. The van der Waals surface area contributed by atoms with Crippen molar-refractivity contribution in [2.45, 2.75) is 5.73 Å². The third kappa shape index (κ3) is 5.47. The van der Waals surface area contributed by atoms with E-state index in [0.717, 1.165) is 10.4 Å². The zero-order valence-electron chi connectivity index (χ0n) is 17.1. The predicted molar refractivity (Wildman–Crippen MR) is 124 cm³/mol. The molecule has 1 radical (unpaired) electrons. The van der Waals surface area contributed by atoms with E-state index in [-0.39, 0.29) is 17.7 Å². The van der Waals surface area contributed by atoms with E-state index in [9.17, 15) is 9.59 Å². The summed E-state index contributed by atoms with van der Waals surface area (Å²) in [5.41, 5.74) is -0.226. The van der Waals surface area contributed by atoms with Gasteiger partial charge in [0.25, 0.3) is 0 Å². The molecule has 155 valence electrons. The van der Waals surface area contributed by atoms with E-state index in [1.54, 1.807) is 30.3 Å². The molecule has 0 saturated heterocycles. The molecule has 3 rings (SSSR count). The van der Waals surface area contributed by atoms with Gasteiger partial charge < -0.3 is 9.47 Å². The number of hydrogen-bond donors (Lipinski definition) is 0. The van der Waals surface area contributed by atoms with Gasteiger partial charge in [0, 0.05) is 0 Å². The Morgan fingerprint density at radius 2 is 1.26 bits per heavy atom. The molecule has 4 nitrogen and oxygen atoms in total. The molecule has 0 N–H and O–H groups in total. The van der Waals surface area contributed by atoms with Crippen molar-refractivity contribution in [2.75, 3.05) is 6.61 Å². The molecule has 0 fully saturated rings. The van der Waals surface area contributed by atoms with E-state index in [0.29, 0.717) is 0 Å². The lowest BCUT2D eigenvalue weighted by atomic mass is 10.1. The van der Waals surface area contributed by atoms with Crippen molar-refractivity contribution in [3.63, 3.8) is 0 Å². The van der Waals surface area contributed by atoms with Crippen LogP contribution in [0.15, 0.2) is 110 Å². The molecule has 0 saturated carbocycles. The van der Waals surface area contributed by atoms with Crippen LogP contribution in [0.4, 0.5) is 0 Å². The fraction of sp³-hybridized carbons (Fsp3) is 0.0769. The van der Waals surface area contributed by atoms with Crippen LogP contribution >= 0.6 is 0 Å². The Balaban J connectivity index is 1.92. The highest BCUT2D eigenvalue weighted by molar-refractivity contribution is 6.86. The number of benzene rings is 3. The first-order valence-electron chi connectivity index (χ1n) is 9.84.